The van der Waals surface area contributed by atoms with Crippen LogP contribution in [0.1, 0.15) is 32.3 Å². The van der Waals surface area contributed by atoms with Crippen LogP contribution in [0.3, 0.4) is 0 Å². The smallest absolute Gasteiger partial charge is 0.0595 e. The summed E-state index contributed by atoms with van der Waals surface area (Å²) in [6.45, 7) is 4.43. The van der Waals surface area contributed by atoms with Gasteiger partial charge in [-0.15, -0.1) is 0 Å². The summed E-state index contributed by atoms with van der Waals surface area (Å²) >= 11 is 11.9. The zero-order chi connectivity index (χ0) is 12.8. The van der Waals surface area contributed by atoms with Gasteiger partial charge in [0.2, 0.25) is 0 Å². The molecule has 0 aliphatic carbocycles. The molecule has 0 heterocycles. The molecule has 0 saturated heterocycles. The molecule has 1 rings (SSSR count). The third-order valence-electron chi connectivity index (χ3n) is 2.79. The Morgan fingerprint density at radius 3 is 2.41 bits per heavy atom. The van der Waals surface area contributed by atoms with Crippen molar-refractivity contribution >= 4 is 23.2 Å². The number of nitrogens with two attached hydrogens (primary N) is 1. The third-order valence-corrected chi connectivity index (χ3v) is 3.53. The van der Waals surface area contributed by atoms with Crippen LogP contribution in [0.25, 0.3) is 0 Å². The van der Waals surface area contributed by atoms with E-state index in [0.717, 1.165) is 24.8 Å². The molecule has 1 aromatic carbocycles. The topological polar surface area (TPSA) is 38.0 Å². The third kappa shape index (κ3) is 5.26. The van der Waals surface area contributed by atoms with Gasteiger partial charge in [0.15, 0.2) is 0 Å². The molecule has 96 valence electrons. The number of hydrogen-bond acceptors (Lipinski definition) is 2. The van der Waals surface area contributed by atoms with Gasteiger partial charge in [-0.3, -0.25) is 11.3 Å². The van der Waals surface area contributed by atoms with E-state index < -0.39 is 0 Å². The molecule has 0 radical (unpaired) electrons. The van der Waals surface area contributed by atoms with Crippen LogP contribution in [0.15, 0.2) is 18.2 Å². The second kappa shape index (κ2) is 7.22. The van der Waals surface area contributed by atoms with E-state index in [2.05, 4.69) is 19.3 Å². The van der Waals surface area contributed by atoms with E-state index >= 15 is 0 Å². The Hall–Kier alpha value is -0.280. The predicted molar refractivity (Wildman–Crippen MR) is 75.3 cm³/mol. The fourth-order valence-corrected chi connectivity index (χ4v) is 2.05. The Morgan fingerprint density at radius 1 is 1.18 bits per heavy atom. The Kier molecular flexibility index (Phi) is 6.28. The summed E-state index contributed by atoms with van der Waals surface area (Å²) in [6.07, 6.45) is 3.10. The van der Waals surface area contributed by atoms with Crippen molar-refractivity contribution in [2.45, 2.75) is 39.2 Å². The molecule has 0 bridgehead atoms. The maximum absolute atomic E-state index is 5.98. The van der Waals surface area contributed by atoms with Crippen molar-refractivity contribution in [3.05, 3.63) is 33.8 Å². The van der Waals surface area contributed by atoms with Gasteiger partial charge >= 0.3 is 0 Å². The van der Waals surface area contributed by atoms with Crippen LogP contribution in [0.5, 0.6) is 0 Å². The first-order valence-electron chi connectivity index (χ1n) is 5.93. The number of nitrogens with one attached hydrogen (secondary N) is 1. The van der Waals surface area contributed by atoms with Gasteiger partial charge in [0.25, 0.3) is 0 Å². The van der Waals surface area contributed by atoms with Gasteiger partial charge in [0, 0.05) is 6.04 Å². The summed E-state index contributed by atoms with van der Waals surface area (Å²) in [7, 11) is 0. The summed E-state index contributed by atoms with van der Waals surface area (Å²) in [6, 6.07) is 6.02. The van der Waals surface area contributed by atoms with E-state index in [-0.39, 0.29) is 6.04 Å². The normalized spacial score (nSPS) is 13.1. The molecule has 1 atom stereocenters. The van der Waals surface area contributed by atoms with Crippen molar-refractivity contribution < 1.29 is 0 Å². The molecule has 17 heavy (non-hydrogen) atoms. The van der Waals surface area contributed by atoms with Crippen molar-refractivity contribution in [3.63, 3.8) is 0 Å². The molecule has 2 nitrogen and oxygen atoms in total. The SMILES string of the molecule is CC(C)CCC(Cc1ccc(Cl)c(Cl)c1)NN. The Labute approximate surface area is 113 Å². The fourth-order valence-electron chi connectivity index (χ4n) is 1.73. The monoisotopic (exact) mass is 274 g/mol. The lowest BCUT2D eigenvalue weighted by Crippen LogP contribution is -2.37. The van der Waals surface area contributed by atoms with Crippen LogP contribution in [0, 0.1) is 5.92 Å². The van der Waals surface area contributed by atoms with Crippen LogP contribution >= 0.6 is 23.2 Å². The summed E-state index contributed by atoms with van der Waals surface area (Å²) in [5, 5.41) is 1.19. The molecule has 1 unspecified atom stereocenters. The molecule has 1 aromatic rings. The van der Waals surface area contributed by atoms with Crippen molar-refractivity contribution in [1.29, 1.82) is 0 Å². The average Bonchev–Trinajstić information content (AvgIpc) is 2.28. The fraction of sp³-hybridized carbons (Fsp3) is 0.538. The molecule has 0 saturated carbocycles. The number of benzene rings is 1. The van der Waals surface area contributed by atoms with E-state index in [1.807, 2.05) is 18.2 Å². The first-order valence-corrected chi connectivity index (χ1v) is 6.68. The first-order chi connectivity index (χ1) is 8.02. The van der Waals surface area contributed by atoms with E-state index in [9.17, 15) is 0 Å². The second-order valence-electron chi connectivity index (χ2n) is 4.79. The quantitative estimate of drug-likeness (QED) is 0.612. The summed E-state index contributed by atoms with van der Waals surface area (Å²) in [4.78, 5) is 0. The van der Waals surface area contributed by atoms with E-state index in [0.29, 0.717) is 16.0 Å². The maximum atomic E-state index is 5.98. The van der Waals surface area contributed by atoms with Crippen LogP contribution < -0.4 is 11.3 Å². The zero-order valence-electron chi connectivity index (χ0n) is 10.3. The highest BCUT2D eigenvalue weighted by atomic mass is 35.5. The molecular weight excluding hydrogens is 255 g/mol. The molecule has 0 aliphatic heterocycles. The molecular formula is C13H20Cl2N2. The largest absolute Gasteiger partial charge is 0.271 e. The highest BCUT2D eigenvalue weighted by Crippen LogP contribution is 2.23. The van der Waals surface area contributed by atoms with Crippen LogP contribution in [-0.2, 0) is 6.42 Å². The summed E-state index contributed by atoms with van der Waals surface area (Å²) in [5.74, 6) is 6.26. The number of hydrogen-bond donors (Lipinski definition) is 2. The van der Waals surface area contributed by atoms with Gasteiger partial charge < -0.3 is 0 Å². The lowest BCUT2D eigenvalue weighted by Gasteiger charge is -2.17. The minimum atomic E-state index is 0.287. The lowest BCUT2D eigenvalue weighted by atomic mass is 9.98. The van der Waals surface area contributed by atoms with Gasteiger partial charge in [-0.05, 0) is 42.9 Å². The van der Waals surface area contributed by atoms with Crippen LogP contribution in [0.4, 0.5) is 0 Å². The maximum Gasteiger partial charge on any atom is 0.0595 e. The zero-order valence-corrected chi connectivity index (χ0v) is 11.9. The van der Waals surface area contributed by atoms with Gasteiger partial charge in [-0.1, -0.05) is 43.1 Å². The summed E-state index contributed by atoms with van der Waals surface area (Å²) in [5.41, 5.74) is 4.02. The predicted octanol–water partition coefficient (Wildman–Crippen LogP) is 3.80. The van der Waals surface area contributed by atoms with Crippen molar-refractivity contribution in [2.24, 2.45) is 11.8 Å². The van der Waals surface area contributed by atoms with Crippen molar-refractivity contribution in [3.8, 4) is 0 Å². The molecule has 3 N–H and O–H groups in total. The second-order valence-corrected chi connectivity index (χ2v) is 5.60. The molecule has 0 aromatic heterocycles. The van der Waals surface area contributed by atoms with Crippen molar-refractivity contribution in [2.75, 3.05) is 0 Å². The minimum Gasteiger partial charge on any atom is -0.271 e. The molecule has 0 amide bonds. The number of halogens is 2. The minimum absolute atomic E-state index is 0.287. The number of rotatable bonds is 6. The van der Waals surface area contributed by atoms with Gasteiger partial charge in [-0.2, -0.15) is 0 Å². The number of hydrazine groups is 1. The lowest BCUT2D eigenvalue weighted by molar-refractivity contribution is 0.434. The van der Waals surface area contributed by atoms with E-state index in [1.54, 1.807) is 0 Å². The Balaban J connectivity index is 2.57. The molecule has 0 aliphatic rings. The first kappa shape index (κ1) is 14.8. The van der Waals surface area contributed by atoms with Crippen LogP contribution in [-0.4, -0.2) is 6.04 Å². The summed E-state index contributed by atoms with van der Waals surface area (Å²) < 4.78 is 0. The van der Waals surface area contributed by atoms with Gasteiger partial charge in [-0.25, -0.2) is 0 Å². The standard InChI is InChI=1S/C13H20Cl2N2/c1-9(2)3-5-11(17-16)7-10-4-6-12(14)13(15)8-10/h4,6,8-9,11,17H,3,5,7,16H2,1-2H3. The Bertz CT molecular complexity index is 353. The van der Waals surface area contributed by atoms with E-state index in [1.165, 1.54) is 0 Å². The molecule has 0 spiro atoms. The van der Waals surface area contributed by atoms with Crippen LogP contribution in [0.2, 0.25) is 10.0 Å². The van der Waals surface area contributed by atoms with Crippen molar-refractivity contribution in [1.82, 2.24) is 5.43 Å². The molecule has 0 fully saturated rings. The Morgan fingerprint density at radius 2 is 1.88 bits per heavy atom. The van der Waals surface area contributed by atoms with Gasteiger partial charge in [0.1, 0.15) is 0 Å². The van der Waals surface area contributed by atoms with E-state index in [4.69, 9.17) is 29.0 Å². The van der Waals surface area contributed by atoms with Gasteiger partial charge in [0.05, 0.1) is 10.0 Å². The molecule has 4 heteroatoms. The average molecular weight is 275 g/mol. The highest BCUT2D eigenvalue weighted by Gasteiger charge is 2.09. The highest BCUT2D eigenvalue weighted by molar-refractivity contribution is 6.42.